The second kappa shape index (κ2) is 8.43. The molecule has 0 saturated heterocycles. The molecule has 2 amide bonds. The average Bonchev–Trinajstić information content (AvgIpc) is 3.03. The van der Waals surface area contributed by atoms with E-state index in [4.69, 9.17) is 0 Å². The Morgan fingerprint density at radius 2 is 1.89 bits per heavy atom. The molecule has 0 saturated carbocycles. The highest BCUT2D eigenvalue weighted by atomic mass is 32.1. The molecule has 146 valence electrons. The number of nitrogens with zero attached hydrogens (tertiary/aromatic N) is 1. The molecule has 5 nitrogen and oxygen atoms in total. The number of hydrogen-bond donors (Lipinski definition) is 2. The highest BCUT2D eigenvalue weighted by Gasteiger charge is 2.12. The van der Waals surface area contributed by atoms with Gasteiger partial charge < -0.3 is 10.6 Å². The summed E-state index contributed by atoms with van der Waals surface area (Å²) in [7, 11) is 0. The molecule has 1 heterocycles. The third-order valence-corrected chi connectivity index (χ3v) is 4.99. The number of amides is 2. The minimum Gasteiger partial charge on any atom is -0.324 e. The van der Waals surface area contributed by atoms with Crippen molar-refractivity contribution in [3.05, 3.63) is 53.6 Å². The number of benzene rings is 2. The lowest BCUT2D eigenvalue weighted by Gasteiger charge is -2.06. The van der Waals surface area contributed by atoms with Gasteiger partial charge in [0.2, 0.25) is 11.8 Å². The molecular formula is C20H19F2N3O2S. The molecule has 0 aliphatic carbocycles. The number of aromatic nitrogens is 1. The van der Waals surface area contributed by atoms with E-state index in [0.29, 0.717) is 11.6 Å². The molecule has 0 radical (unpaired) electrons. The average molecular weight is 403 g/mol. The van der Waals surface area contributed by atoms with E-state index in [2.05, 4.69) is 15.6 Å². The molecule has 0 spiro atoms. The SMILES string of the molecule is CC(C)C(=O)Nc1nc2ccc(CCC(=O)Nc3ccc(F)cc3F)cc2s1. The van der Waals surface area contributed by atoms with Gasteiger partial charge in [-0.1, -0.05) is 31.3 Å². The number of aryl methyl sites for hydroxylation is 1. The van der Waals surface area contributed by atoms with Gasteiger partial charge in [-0.15, -0.1) is 0 Å². The van der Waals surface area contributed by atoms with E-state index in [1.165, 1.54) is 17.4 Å². The Kier molecular flexibility index (Phi) is 5.99. The van der Waals surface area contributed by atoms with Gasteiger partial charge in [-0.3, -0.25) is 9.59 Å². The monoisotopic (exact) mass is 403 g/mol. The van der Waals surface area contributed by atoms with Crippen LogP contribution in [-0.4, -0.2) is 16.8 Å². The zero-order chi connectivity index (χ0) is 20.3. The Hall–Kier alpha value is -2.87. The first-order valence-electron chi connectivity index (χ1n) is 8.77. The van der Waals surface area contributed by atoms with Gasteiger partial charge in [0.15, 0.2) is 5.13 Å². The lowest BCUT2D eigenvalue weighted by atomic mass is 10.1. The number of nitrogens with one attached hydrogen (secondary N) is 2. The van der Waals surface area contributed by atoms with Crippen LogP contribution in [0.4, 0.5) is 19.6 Å². The number of carbonyl (C=O) groups excluding carboxylic acids is 2. The molecular weight excluding hydrogens is 384 g/mol. The molecule has 8 heteroatoms. The van der Waals surface area contributed by atoms with Gasteiger partial charge in [0.1, 0.15) is 11.6 Å². The quantitative estimate of drug-likeness (QED) is 0.624. The standard InChI is InChI=1S/C20H19F2N3O2S/c1-11(2)19(27)25-20-24-16-6-3-12(9-17(16)28-20)4-8-18(26)23-15-7-5-13(21)10-14(15)22/h3,5-7,9-11H,4,8H2,1-2H3,(H,23,26)(H,24,25,27). The number of carbonyl (C=O) groups is 2. The number of rotatable bonds is 6. The van der Waals surface area contributed by atoms with Crippen LogP contribution in [0.2, 0.25) is 0 Å². The van der Waals surface area contributed by atoms with Crippen LogP contribution in [-0.2, 0) is 16.0 Å². The first-order valence-corrected chi connectivity index (χ1v) is 9.58. The highest BCUT2D eigenvalue weighted by Crippen LogP contribution is 2.27. The van der Waals surface area contributed by atoms with Crippen LogP contribution in [0.25, 0.3) is 10.2 Å². The number of hydrogen-bond acceptors (Lipinski definition) is 4. The maximum absolute atomic E-state index is 13.6. The van der Waals surface area contributed by atoms with E-state index in [0.717, 1.165) is 27.9 Å². The molecule has 3 aromatic rings. The molecule has 0 atom stereocenters. The molecule has 2 N–H and O–H groups in total. The maximum Gasteiger partial charge on any atom is 0.228 e. The molecule has 28 heavy (non-hydrogen) atoms. The Labute approximate surface area is 164 Å². The molecule has 0 aliphatic rings. The van der Waals surface area contributed by atoms with Crippen molar-refractivity contribution in [2.75, 3.05) is 10.6 Å². The second-order valence-corrected chi connectivity index (χ2v) is 7.67. The van der Waals surface area contributed by atoms with E-state index in [1.54, 1.807) is 0 Å². The summed E-state index contributed by atoms with van der Waals surface area (Å²) in [4.78, 5) is 28.2. The van der Waals surface area contributed by atoms with Crippen LogP contribution in [0.1, 0.15) is 25.8 Å². The normalized spacial score (nSPS) is 11.0. The van der Waals surface area contributed by atoms with E-state index in [9.17, 15) is 18.4 Å². The number of thiazole rings is 1. The summed E-state index contributed by atoms with van der Waals surface area (Å²) in [6.45, 7) is 3.62. The number of fused-ring (bicyclic) bond motifs is 1. The van der Waals surface area contributed by atoms with Crippen molar-refractivity contribution in [2.24, 2.45) is 5.92 Å². The predicted octanol–water partition coefficient (Wildman–Crippen LogP) is 4.74. The van der Waals surface area contributed by atoms with Gasteiger partial charge in [-0.05, 0) is 36.2 Å². The Morgan fingerprint density at radius 1 is 1.11 bits per heavy atom. The van der Waals surface area contributed by atoms with Crippen LogP contribution in [0.15, 0.2) is 36.4 Å². The van der Waals surface area contributed by atoms with Gasteiger partial charge in [-0.2, -0.15) is 0 Å². The summed E-state index contributed by atoms with van der Waals surface area (Å²) in [5.41, 5.74) is 1.65. The molecule has 3 rings (SSSR count). The van der Waals surface area contributed by atoms with Crippen LogP contribution in [0.5, 0.6) is 0 Å². The number of halogens is 2. The van der Waals surface area contributed by atoms with Crippen molar-refractivity contribution in [3.8, 4) is 0 Å². The van der Waals surface area contributed by atoms with Crippen molar-refractivity contribution in [1.29, 1.82) is 0 Å². The fourth-order valence-corrected chi connectivity index (χ4v) is 3.42. The van der Waals surface area contributed by atoms with Gasteiger partial charge in [0.25, 0.3) is 0 Å². The fourth-order valence-electron chi connectivity index (χ4n) is 2.49. The second-order valence-electron chi connectivity index (χ2n) is 6.64. The summed E-state index contributed by atoms with van der Waals surface area (Å²) in [6, 6.07) is 8.63. The van der Waals surface area contributed by atoms with E-state index < -0.39 is 11.6 Å². The Bertz CT molecular complexity index is 1030. The summed E-state index contributed by atoms with van der Waals surface area (Å²) >= 11 is 1.37. The molecule has 1 aromatic heterocycles. The summed E-state index contributed by atoms with van der Waals surface area (Å²) in [5.74, 6) is -2.09. The van der Waals surface area contributed by atoms with E-state index in [-0.39, 0.29) is 29.8 Å². The third-order valence-electron chi connectivity index (χ3n) is 4.05. The van der Waals surface area contributed by atoms with Crippen LogP contribution < -0.4 is 10.6 Å². The molecule has 2 aromatic carbocycles. The first kappa shape index (κ1) is 19.9. The van der Waals surface area contributed by atoms with Crippen molar-refractivity contribution >= 4 is 44.2 Å². The minimum atomic E-state index is -0.810. The van der Waals surface area contributed by atoms with Crippen LogP contribution in [0.3, 0.4) is 0 Å². The summed E-state index contributed by atoms with van der Waals surface area (Å²) < 4.78 is 27.4. The van der Waals surface area contributed by atoms with Crippen molar-refractivity contribution < 1.29 is 18.4 Å². The predicted molar refractivity (Wildman–Crippen MR) is 106 cm³/mol. The van der Waals surface area contributed by atoms with Crippen LogP contribution in [0, 0.1) is 17.6 Å². The van der Waals surface area contributed by atoms with Crippen molar-refractivity contribution in [3.63, 3.8) is 0 Å². The zero-order valence-corrected chi connectivity index (χ0v) is 16.2. The van der Waals surface area contributed by atoms with E-state index >= 15 is 0 Å². The lowest BCUT2D eigenvalue weighted by Crippen LogP contribution is -2.17. The molecule has 0 fully saturated rings. The third kappa shape index (κ3) is 4.89. The van der Waals surface area contributed by atoms with Crippen molar-refractivity contribution in [1.82, 2.24) is 4.98 Å². The maximum atomic E-state index is 13.6. The van der Waals surface area contributed by atoms with Crippen molar-refractivity contribution in [2.45, 2.75) is 26.7 Å². The van der Waals surface area contributed by atoms with Crippen LogP contribution >= 0.6 is 11.3 Å². The largest absolute Gasteiger partial charge is 0.324 e. The zero-order valence-electron chi connectivity index (χ0n) is 15.4. The highest BCUT2D eigenvalue weighted by molar-refractivity contribution is 7.22. The van der Waals surface area contributed by atoms with Gasteiger partial charge >= 0.3 is 0 Å². The molecule has 0 unspecified atom stereocenters. The lowest BCUT2D eigenvalue weighted by molar-refractivity contribution is -0.119. The number of anilines is 2. The van der Waals surface area contributed by atoms with Gasteiger partial charge in [-0.25, -0.2) is 13.8 Å². The summed E-state index contributed by atoms with van der Waals surface area (Å²) in [5, 5.41) is 5.76. The summed E-state index contributed by atoms with van der Waals surface area (Å²) in [6.07, 6.45) is 0.605. The molecule has 0 aliphatic heterocycles. The van der Waals surface area contributed by atoms with Gasteiger partial charge in [0.05, 0.1) is 15.9 Å². The topological polar surface area (TPSA) is 71.1 Å². The minimum absolute atomic E-state index is 0.0464. The Balaban J connectivity index is 1.62. The fraction of sp³-hybridized carbons (Fsp3) is 0.250. The smallest absolute Gasteiger partial charge is 0.228 e. The van der Waals surface area contributed by atoms with E-state index in [1.807, 2.05) is 32.0 Å². The Morgan fingerprint density at radius 3 is 2.61 bits per heavy atom. The first-order chi connectivity index (χ1) is 13.3. The molecule has 0 bridgehead atoms. The van der Waals surface area contributed by atoms with Gasteiger partial charge in [0, 0.05) is 18.4 Å².